The molecule has 0 radical (unpaired) electrons. The number of rotatable bonds is 3. The SMILES string of the molecule is CN1C(=O)CCC(NC(=O)C2CCCCC2CN)C1=O. The Kier molecular flexibility index (Phi) is 4.75. The predicted molar refractivity (Wildman–Crippen MR) is 73.4 cm³/mol. The van der Waals surface area contributed by atoms with Gasteiger partial charge in [0.1, 0.15) is 6.04 Å². The molecule has 6 heteroatoms. The number of imide groups is 1. The molecule has 112 valence electrons. The summed E-state index contributed by atoms with van der Waals surface area (Å²) >= 11 is 0. The Morgan fingerprint density at radius 2 is 2.00 bits per heavy atom. The molecule has 2 aliphatic rings. The minimum absolute atomic E-state index is 0.0822. The summed E-state index contributed by atoms with van der Waals surface area (Å²) in [6.07, 6.45) is 4.66. The van der Waals surface area contributed by atoms with E-state index in [1.165, 1.54) is 7.05 Å². The number of carbonyl (C=O) groups is 3. The number of nitrogens with two attached hydrogens (primary N) is 1. The second kappa shape index (κ2) is 6.35. The quantitative estimate of drug-likeness (QED) is 0.713. The highest BCUT2D eigenvalue weighted by Crippen LogP contribution is 2.29. The van der Waals surface area contributed by atoms with E-state index in [0.717, 1.165) is 30.6 Å². The molecule has 3 N–H and O–H groups in total. The number of carbonyl (C=O) groups excluding carboxylic acids is 3. The molecule has 0 bridgehead atoms. The molecule has 1 saturated carbocycles. The first-order valence-corrected chi connectivity index (χ1v) is 7.35. The molecule has 1 aliphatic carbocycles. The minimum Gasteiger partial charge on any atom is -0.344 e. The van der Waals surface area contributed by atoms with Crippen LogP contribution in [0.1, 0.15) is 38.5 Å². The van der Waals surface area contributed by atoms with Crippen molar-refractivity contribution in [3.8, 4) is 0 Å². The summed E-state index contributed by atoms with van der Waals surface area (Å²) in [5, 5.41) is 2.82. The van der Waals surface area contributed by atoms with Gasteiger partial charge in [-0.2, -0.15) is 0 Å². The maximum atomic E-state index is 12.3. The lowest BCUT2D eigenvalue weighted by Crippen LogP contribution is -2.54. The number of nitrogens with zero attached hydrogens (tertiary/aromatic N) is 1. The Labute approximate surface area is 119 Å². The molecule has 1 heterocycles. The molecule has 3 unspecified atom stereocenters. The van der Waals surface area contributed by atoms with Crippen LogP contribution in [0.4, 0.5) is 0 Å². The van der Waals surface area contributed by atoms with E-state index < -0.39 is 6.04 Å². The average molecular weight is 281 g/mol. The zero-order valence-corrected chi connectivity index (χ0v) is 11.9. The average Bonchev–Trinajstić information content (AvgIpc) is 2.47. The largest absolute Gasteiger partial charge is 0.344 e. The van der Waals surface area contributed by atoms with Gasteiger partial charge in [-0.15, -0.1) is 0 Å². The van der Waals surface area contributed by atoms with E-state index in [-0.39, 0.29) is 29.6 Å². The van der Waals surface area contributed by atoms with Gasteiger partial charge in [-0.25, -0.2) is 0 Å². The maximum Gasteiger partial charge on any atom is 0.251 e. The van der Waals surface area contributed by atoms with Crippen molar-refractivity contribution in [2.75, 3.05) is 13.6 Å². The number of piperidine rings is 1. The Hall–Kier alpha value is -1.43. The van der Waals surface area contributed by atoms with Gasteiger partial charge >= 0.3 is 0 Å². The summed E-state index contributed by atoms with van der Waals surface area (Å²) in [6, 6.07) is -0.564. The highest BCUT2D eigenvalue weighted by atomic mass is 16.2. The van der Waals surface area contributed by atoms with E-state index in [4.69, 9.17) is 5.73 Å². The first-order valence-electron chi connectivity index (χ1n) is 7.35. The fraction of sp³-hybridized carbons (Fsp3) is 0.786. The molecule has 2 rings (SSSR count). The van der Waals surface area contributed by atoms with E-state index >= 15 is 0 Å². The number of hydrogen-bond acceptors (Lipinski definition) is 4. The zero-order chi connectivity index (χ0) is 14.7. The molecular formula is C14H23N3O3. The number of likely N-dealkylation sites (N-methyl/N-ethyl adjacent to an activating group) is 1. The summed E-state index contributed by atoms with van der Waals surface area (Å²) in [5.74, 6) is -0.458. The highest BCUT2D eigenvalue weighted by molar-refractivity contribution is 6.01. The standard InChI is InChI=1S/C14H23N3O3/c1-17-12(18)7-6-11(14(17)20)16-13(19)10-5-3-2-4-9(10)8-15/h9-11H,2-8,15H2,1H3,(H,16,19). The van der Waals surface area contributed by atoms with E-state index in [9.17, 15) is 14.4 Å². The van der Waals surface area contributed by atoms with Crippen LogP contribution in [0.2, 0.25) is 0 Å². The molecule has 6 nitrogen and oxygen atoms in total. The number of hydrogen-bond donors (Lipinski definition) is 2. The molecular weight excluding hydrogens is 258 g/mol. The van der Waals surface area contributed by atoms with Crippen LogP contribution in [-0.4, -0.2) is 42.3 Å². The van der Waals surface area contributed by atoms with Crippen LogP contribution < -0.4 is 11.1 Å². The molecule has 1 aliphatic heterocycles. The Bertz CT molecular complexity index is 410. The Morgan fingerprint density at radius 1 is 1.30 bits per heavy atom. The van der Waals surface area contributed by atoms with Crippen LogP contribution in [0, 0.1) is 11.8 Å². The van der Waals surface area contributed by atoms with Crippen LogP contribution in [0.3, 0.4) is 0 Å². The van der Waals surface area contributed by atoms with Crippen molar-refractivity contribution in [3.63, 3.8) is 0 Å². The van der Waals surface area contributed by atoms with Crippen LogP contribution in [0.25, 0.3) is 0 Å². The third-order valence-electron chi connectivity index (χ3n) is 4.51. The molecule has 2 fully saturated rings. The molecule has 0 aromatic rings. The highest BCUT2D eigenvalue weighted by Gasteiger charge is 2.36. The third kappa shape index (κ3) is 3.00. The summed E-state index contributed by atoms with van der Waals surface area (Å²) in [5.41, 5.74) is 5.73. The lowest BCUT2D eigenvalue weighted by molar-refractivity contribution is -0.150. The zero-order valence-electron chi connectivity index (χ0n) is 11.9. The second-order valence-electron chi connectivity index (χ2n) is 5.78. The maximum absolute atomic E-state index is 12.3. The predicted octanol–water partition coefficient (Wildman–Crippen LogP) is 0.0151. The van der Waals surface area contributed by atoms with Gasteiger partial charge in [0.05, 0.1) is 0 Å². The first-order chi connectivity index (χ1) is 9.54. The normalized spacial score (nSPS) is 31.3. The minimum atomic E-state index is -0.564. The van der Waals surface area contributed by atoms with Crippen LogP contribution in [0.15, 0.2) is 0 Å². The van der Waals surface area contributed by atoms with Gasteiger partial charge < -0.3 is 11.1 Å². The molecule has 3 atom stereocenters. The summed E-state index contributed by atoms with van der Waals surface area (Å²) < 4.78 is 0. The van der Waals surface area contributed by atoms with Gasteiger partial charge in [0, 0.05) is 19.4 Å². The smallest absolute Gasteiger partial charge is 0.251 e. The number of amides is 3. The first kappa shape index (κ1) is 15.0. The lowest BCUT2D eigenvalue weighted by Gasteiger charge is -2.33. The van der Waals surface area contributed by atoms with Crippen molar-refractivity contribution in [1.29, 1.82) is 0 Å². The van der Waals surface area contributed by atoms with Gasteiger partial charge in [-0.1, -0.05) is 12.8 Å². The monoisotopic (exact) mass is 281 g/mol. The molecule has 3 amide bonds. The van der Waals surface area contributed by atoms with Crippen LogP contribution >= 0.6 is 0 Å². The van der Waals surface area contributed by atoms with Crippen molar-refractivity contribution in [2.24, 2.45) is 17.6 Å². The third-order valence-corrected chi connectivity index (χ3v) is 4.51. The molecule has 0 spiro atoms. The fourth-order valence-electron chi connectivity index (χ4n) is 3.16. The fourth-order valence-corrected chi connectivity index (χ4v) is 3.16. The van der Waals surface area contributed by atoms with Crippen molar-refractivity contribution < 1.29 is 14.4 Å². The van der Waals surface area contributed by atoms with E-state index in [1.807, 2.05) is 0 Å². The Morgan fingerprint density at radius 3 is 2.70 bits per heavy atom. The topological polar surface area (TPSA) is 92.5 Å². The van der Waals surface area contributed by atoms with Crippen molar-refractivity contribution in [2.45, 2.75) is 44.6 Å². The second-order valence-corrected chi connectivity index (χ2v) is 5.78. The molecule has 0 aromatic carbocycles. The van der Waals surface area contributed by atoms with Crippen LogP contribution in [-0.2, 0) is 14.4 Å². The van der Waals surface area contributed by atoms with Crippen LogP contribution in [0.5, 0.6) is 0 Å². The summed E-state index contributed by atoms with van der Waals surface area (Å²) in [6.45, 7) is 0.509. The Balaban J connectivity index is 1.96. The lowest BCUT2D eigenvalue weighted by atomic mass is 9.78. The molecule has 0 aromatic heterocycles. The van der Waals surface area contributed by atoms with Gasteiger partial charge in [-0.3, -0.25) is 19.3 Å². The molecule has 20 heavy (non-hydrogen) atoms. The summed E-state index contributed by atoms with van der Waals surface area (Å²) in [7, 11) is 1.46. The van der Waals surface area contributed by atoms with Gasteiger partial charge in [0.25, 0.3) is 5.91 Å². The van der Waals surface area contributed by atoms with Crippen molar-refractivity contribution in [3.05, 3.63) is 0 Å². The van der Waals surface area contributed by atoms with E-state index in [2.05, 4.69) is 5.32 Å². The van der Waals surface area contributed by atoms with Gasteiger partial charge in [0.15, 0.2) is 0 Å². The number of likely N-dealkylation sites (tertiary alicyclic amines) is 1. The van der Waals surface area contributed by atoms with Gasteiger partial charge in [0.2, 0.25) is 11.8 Å². The summed E-state index contributed by atoms with van der Waals surface area (Å²) in [4.78, 5) is 36.8. The van der Waals surface area contributed by atoms with Crippen molar-refractivity contribution >= 4 is 17.7 Å². The molecule has 1 saturated heterocycles. The van der Waals surface area contributed by atoms with Crippen molar-refractivity contribution in [1.82, 2.24) is 10.2 Å². The van der Waals surface area contributed by atoms with E-state index in [1.54, 1.807) is 0 Å². The van der Waals surface area contributed by atoms with E-state index in [0.29, 0.717) is 19.4 Å². The number of nitrogens with one attached hydrogen (secondary N) is 1. The van der Waals surface area contributed by atoms with Gasteiger partial charge in [-0.05, 0) is 31.7 Å².